The van der Waals surface area contributed by atoms with Crippen molar-refractivity contribution in [3.05, 3.63) is 12.2 Å². The molecule has 0 unspecified atom stereocenters. The minimum Gasteiger partial charge on any atom is -0.481 e. The van der Waals surface area contributed by atoms with Gasteiger partial charge in [0, 0.05) is 12.8 Å². The first-order chi connectivity index (χ1) is 7.27. The summed E-state index contributed by atoms with van der Waals surface area (Å²) in [5.74, 6) is -0.705. The van der Waals surface area contributed by atoms with Crippen LogP contribution in [0.1, 0.15) is 51.4 Å². The van der Waals surface area contributed by atoms with Crippen LogP contribution < -0.4 is 0 Å². The van der Waals surface area contributed by atoms with Gasteiger partial charge in [-0.2, -0.15) is 0 Å². The van der Waals surface area contributed by atoms with Gasteiger partial charge in [0.15, 0.2) is 0 Å². The van der Waals surface area contributed by atoms with Crippen molar-refractivity contribution < 1.29 is 14.7 Å². The van der Waals surface area contributed by atoms with Crippen molar-refractivity contribution >= 4 is 12.3 Å². The van der Waals surface area contributed by atoms with Crippen LogP contribution in [-0.4, -0.2) is 17.4 Å². The Hall–Kier alpha value is -1.12. The molecule has 0 spiro atoms. The van der Waals surface area contributed by atoms with Gasteiger partial charge >= 0.3 is 5.97 Å². The predicted molar refractivity (Wildman–Crippen MR) is 59.8 cm³/mol. The topological polar surface area (TPSA) is 54.4 Å². The number of carboxylic acid groups (broad SMARTS) is 1. The number of allylic oxidation sites excluding steroid dienone is 2. The van der Waals surface area contributed by atoms with E-state index in [9.17, 15) is 9.59 Å². The molecule has 0 aromatic rings. The van der Waals surface area contributed by atoms with E-state index in [2.05, 4.69) is 6.08 Å². The van der Waals surface area contributed by atoms with Gasteiger partial charge in [0.1, 0.15) is 6.29 Å². The molecule has 0 aromatic carbocycles. The smallest absolute Gasteiger partial charge is 0.303 e. The maximum absolute atomic E-state index is 10.2. The van der Waals surface area contributed by atoms with Crippen LogP contribution in [0.5, 0.6) is 0 Å². The lowest BCUT2D eigenvalue weighted by Gasteiger charge is -1.96. The second-order valence-electron chi connectivity index (χ2n) is 3.56. The summed E-state index contributed by atoms with van der Waals surface area (Å²) in [5, 5.41) is 8.40. The van der Waals surface area contributed by atoms with E-state index in [1.54, 1.807) is 0 Å². The summed E-state index contributed by atoms with van der Waals surface area (Å²) in [6, 6.07) is 0. The molecule has 0 atom stereocenters. The molecule has 0 aliphatic rings. The average molecular weight is 212 g/mol. The fourth-order valence-corrected chi connectivity index (χ4v) is 1.29. The molecule has 0 rings (SSSR count). The molecular weight excluding hydrogens is 192 g/mol. The van der Waals surface area contributed by atoms with Gasteiger partial charge in [0.05, 0.1) is 0 Å². The van der Waals surface area contributed by atoms with E-state index in [-0.39, 0.29) is 6.42 Å². The molecule has 15 heavy (non-hydrogen) atoms. The van der Waals surface area contributed by atoms with Crippen molar-refractivity contribution in [2.75, 3.05) is 0 Å². The Morgan fingerprint density at radius 3 is 2.27 bits per heavy atom. The number of carbonyl (C=O) groups is 2. The Morgan fingerprint density at radius 1 is 0.933 bits per heavy atom. The normalized spacial score (nSPS) is 10.7. The van der Waals surface area contributed by atoms with Gasteiger partial charge in [0.2, 0.25) is 0 Å². The summed E-state index contributed by atoms with van der Waals surface area (Å²) >= 11 is 0. The second kappa shape index (κ2) is 11.0. The van der Waals surface area contributed by atoms with Crippen LogP contribution in [0.25, 0.3) is 0 Å². The number of carbonyl (C=O) groups excluding carboxylic acids is 1. The van der Waals surface area contributed by atoms with Crippen LogP contribution in [0, 0.1) is 0 Å². The van der Waals surface area contributed by atoms with Crippen LogP contribution in [0.15, 0.2) is 12.2 Å². The summed E-state index contributed by atoms with van der Waals surface area (Å²) in [5.41, 5.74) is 0. The van der Waals surface area contributed by atoms with Gasteiger partial charge in [-0.3, -0.25) is 4.79 Å². The summed E-state index contributed by atoms with van der Waals surface area (Å²) in [4.78, 5) is 20.2. The van der Waals surface area contributed by atoms with E-state index < -0.39 is 5.97 Å². The van der Waals surface area contributed by atoms with Crippen molar-refractivity contribution in [3.63, 3.8) is 0 Å². The Bertz CT molecular complexity index is 197. The van der Waals surface area contributed by atoms with Crippen LogP contribution in [0.3, 0.4) is 0 Å². The van der Waals surface area contributed by atoms with Gasteiger partial charge < -0.3 is 9.90 Å². The van der Waals surface area contributed by atoms with E-state index in [1.807, 2.05) is 6.08 Å². The fraction of sp³-hybridized carbons (Fsp3) is 0.667. The molecule has 0 heterocycles. The highest BCUT2D eigenvalue weighted by Gasteiger charge is 1.95. The first-order valence-electron chi connectivity index (χ1n) is 5.58. The third kappa shape index (κ3) is 12.9. The van der Waals surface area contributed by atoms with Crippen molar-refractivity contribution in [1.82, 2.24) is 0 Å². The van der Waals surface area contributed by atoms with E-state index >= 15 is 0 Å². The molecule has 0 fully saturated rings. The molecule has 3 nitrogen and oxygen atoms in total. The number of aldehydes is 1. The van der Waals surface area contributed by atoms with Gasteiger partial charge in [-0.15, -0.1) is 0 Å². The third-order valence-electron chi connectivity index (χ3n) is 2.13. The predicted octanol–water partition coefficient (Wildman–Crippen LogP) is 2.95. The van der Waals surface area contributed by atoms with E-state index in [0.717, 1.165) is 44.8 Å². The maximum atomic E-state index is 10.2. The van der Waals surface area contributed by atoms with Crippen LogP contribution in [0.2, 0.25) is 0 Å². The SMILES string of the molecule is O=CCCC=CCCCCCCC(=O)O. The van der Waals surface area contributed by atoms with Crippen LogP contribution in [0.4, 0.5) is 0 Å². The number of rotatable bonds is 10. The molecule has 3 heteroatoms. The van der Waals surface area contributed by atoms with Crippen molar-refractivity contribution in [2.24, 2.45) is 0 Å². The minimum atomic E-state index is -0.705. The molecule has 0 radical (unpaired) electrons. The minimum absolute atomic E-state index is 0.287. The highest BCUT2D eigenvalue weighted by molar-refractivity contribution is 5.66. The standard InChI is InChI=1S/C12H20O3/c13-11-9-7-5-3-1-2-4-6-8-10-12(14)15/h3,5,11H,1-2,4,6-10H2,(H,14,15). The number of unbranched alkanes of at least 4 members (excludes halogenated alkanes) is 5. The third-order valence-corrected chi connectivity index (χ3v) is 2.13. The zero-order chi connectivity index (χ0) is 11.4. The molecule has 0 amide bonds. The zero-order valence-corrected chi connectivity index (χ0v) is 9.15. The highest BCUT2D eigenvalue weighted by atomic mass is 16.4. The summed E-state index contributed by atoms with van der Waals surface area (Å²) in [6.45, 7) is 0. The van der Waals surface area contributed by atoms with Crippen molar-refractivity contribution in [2.45, 2.75) is 51.4 Å². The molecule has 86 valence electrons. The largest absolute Gasteiger partial charge is 0.481 e. The average Bonchev–Trinajstić information content (AvgIpc) is 2.20. The van der Waals surface area contributed by atoms with Crippen LogP contribution in [-0.2, 0) is 9.59 Å². The van der Waals surface area contributed by atoms with E-state index in [1.165, 1.54) is 0 Å². The first kappa shape index (κ1) is 13.9. The van der Waals surface area contributed by atoms with Crippen LogP contribution >= 0.6 is 0 Å². The zero-order valence-electron chi connectivity index (χ0n) is 9.15. The van der Waals surface area contributed by atoms with Gasteiger partial charge in [0.25, 0.3) is 0 Å². The van der Waals surface area contributed by atoms with E-state index in [4.69, 9.17) is 5.11 Å². The Morgan fingerprint density at radius 2 is 1.60 bits per heavy atom. The first-order valence-corrected chi connectivity index (χ1v) is 5.58. The van der Waals surface area contributed by atoms with Gasteiger partial charge in [-0.25, -0.2) is 0 Å². The second-order valence-corrected chi connectivity index (χ2v) is 3.56. The summed E-state index contributed by atoms with van der Waals surface area (Å²) in [6.07, 6.45) is 11.8. The molecule has 0 aliphatic carbocycles. The molecular formula is C12H20O3. The fourth-order valence-electron chi connectivity index (χ4n) is 1.29. The Balaban J connectivity index is 3.07. The lowest BCUT2D eigenvalue weighted by atomic mass is 10.1. The van der Waals surface area contributed by atoms with E-state index in [0.29, 0.717) is 6.42 Å². The summed E-state index contributed by atoms with van der Waals surface area (Å²) < 4.78 is 0. The Kier molecular flexibility index (Phi) is 10.1. The molecule has 0 saturated heterocycles. The number of carboxylic acids is 1. The molecule has 0 saturated carbocycles. The quantitative estimate of drug-likeness (QED) is 0.344. The molecule has 0 bridgehead atoms. The van der Waals surface area contributed by atoms with Crippen molar-refractivity contribution in [3.8, 4) is 0 Å². The highest BCUT2D eigenvalue weighted by Crippen LogP contribution is 2.06. The number of hydrogen-bond acceptors (Lipinski definition) is 2. The van der Waals surface area contributed by atoms with Gasteiger partial charge in [-0.1, -0.05) is 25.0 Å². The number of aliphatic carboxylic acids is 1. The van der Waals surface area contributed by atoms with Gasteiger partial charge in [-0.05, 0) is 25.7 Å². The molecule has 0 aromatic heterocycles. The lowest BCUT2D eigenvalue weighted by Crippen LogP contribution is -1.93. The molecule has 1 N–H and O–H groups in total. The van der Waals surface area contributed by atoms with Crippen molar-refractivity contribution in [1.29, 1.82) is 0 Å². The summed E-state index contributed by atoms with van der Waals surface area (Å²) in [7, 11) is 0. The monoisotopic (exact) mass is 212 g/mol. The molecule has 0 aliphatic heterocycles. The Labute approximate surface area is 91.2 Å². The number of hydrogen-bond donors (Lipinski definition) is 1. The lowest BCUT2D eigenvalue weighted by molar-refractivity contribution is -0.137. The maximum Gasteiger partial charge on any atom is 0.303 e.